The van der Waals surface area contributed by atoms with Gasteiger partial charge in [0.05, 0.1) is 107 Å². The van der Waals surface area contributed by atoms with Crippen molar-refractivity contribution < 1.29 is 61.5 Å². The van der Waals surface area contributed by atoms with E-state index in [1.54, 1.807) is 97.1 Å². The molecule has 0 aliphatic heterocycles. The van der Waals surface area contributed by atoms with E-state index in [1.165, 1.54) is 24.3 Å². The summed E-state index contributed by atoms with van der Waals surface area (Å²) >= 11 is 0. The van der Waals surface area contributed by atoms with E-state index in [4.69, 9.17) is 0 Å². The highest BCUT2D eigenvalue weighted by Crippen LogP contribution is 2.57. The molecule has 9 aromatic carbocycles. The van der Waals surface area contributed by atoms with Crippen LogP contribution in [0.4, 0.5) is 84.2 Å². The van der Waals surface area contributed by atoms with Crippen LogP contribution in [0.1, 0.15) is 11.6 Å². The summed E-state index contributed by atoms with van der Waals surface area (Å²) in [6.45, 7) is 0. The molecule has 0 fully saturated rings. The predicted molar refractivity (Wildman–Crippen MR) is 315 cm³/mol. The van der Waals surface area contributed by atoms with Gasteiger partial charge in [0.15, 0.2) is 0 Å². The molecule has 0 N–H and O–H groups in total. The third kappa shape index (κ3) is 9.19. The fourth-order valence-corrected chi connectivity index (χ4v) is 11.1. The summed E-state index contributed by atoms with van der Waals surface area (Å²) in [6.07, 6.45) is -13.6. The van der Waals surface area contributed by atoms with Crippen molar-refractivity contribution >= 4 is 87.9 Å². The first-order chi connectivity index (χ1) is 39.5. The first-order valence-electron chi connectivity index (χ1n) is 26.8. The van der Waals surface area contributed by atoms with Crippen molar-refractivity contribution in [1.82, 2.24) is 37.9 Å². The van der Waals surface area contributed by atoms with E-state index in [9.17, 15) is 26.3 Å². The molecule has 22 heteroatoms. The zero-order valence-electron chi connectivity index (χ0n) is 48.4. The van der Waals surface area contributed by atoms with Crippen LogP contribution in [0.5, 0.6) is 0 Å². The van der Waals surface area contributed by atoms with Crippen LogP contribution in [-0.2, 0) is 11.8 Å². The molecule has 446 valence electrons. The zero-order chi connectivity index (χ0) is 63.0. The standard InChI is InChI=1S/C64H56F14N8/c1-83(2,3)37-21-13-33(14-22-37)41-29-45-46-30-43(35-17-25-39(26-18-35)85(7,8)9)55-52-50(46)48(32-44(36-19-27-40(28-20-36)86(10,11)12)56(52)82-58(81-55)60(67,68)62(71,72)64(76,77)78)47-31-42(34-15-23-38(24-16-34)84(4,5)6)54-51(49(45)47)53(41)79-57(80-54)59(65,66)61(69,70)63(73,74)75/h13-32H,1-12H3/q+4. The molecule has 11 rings (SSSR count). The van der Waals surface area contributed by atoms with Gasteiger partial charge in [-0.1, -0.05) is 0 Å². The van der Waals surface area contributed by atoms with E-state index in [0.29, 0.717) is 0 Å². The quantitative estimate of drug-likeness (QED) is 0.0529. The van der Waals surface area contributed by atoms with Crippen LogP contribution >= 0.6 is 0 Å². The normalized spacial score (nSPS) is 14.2. The van der Waals surface area contributed by atoms with Gasteiger partial charge >= 0.3 is 36.0 Å². The Balaban J connectivity index is 1.43. The van der Waals surface area contributed by atoms with Crippen LogP contribution in [0.3, 0.4) is 0 Å². The third-order valence-electron chi connectivity index (χ3n) is 16.0. The predicted octanol–water partition coefficient (Wildman–Crippen LogP) is 17.1. The van der Waals surface area contributed by atoms with Crippen molar-refractivity contribution in [3.8, 4) is 44.5 Å². The maximum absolute atomic E-state index is 16.5. The Bertz CT molecular complexity index is 3970. The second-order valence-electron chi connectivity index (χ2n) is 25.4. The average molecular weight is 1200 g/mol. The minimum absolute atomic E-state index is 0.0569. The topological polar surface area (TPSA) is 51.6 Å². The molecule has 0 saturated carbocycles. The number of benzene rings is 9. The molecule has 0 amide bonds. The second kappa shape index (κ2) is 18.8. The molecule has 0 saturated heterocycles. The number of rotatable bonds is 12. The van der Waals surface area contributed by atoms with Crippen LogP contribution < -0.4 is 17.9 Å². The van der Waals surface area contributed by atoms with Crippen molar-refractivity contribution in [3.63, 3.8) is 0 Å². The maximum Gasteiger partial charge on any atom is 0.460 e. The van der Waals surface area contributed by atoms with E-state index in [2.05, 4.69) is 19.9 Å². The molecule has 0 aliphatic carbocycles. The van der Waals surface area contributed by atoms with Crippen LogP contribution in [0.15, 0.2) is 121 Å². The van der Waals surface area contributed by atoms with Crippen molar-refractivity contribution in [2.75, 3.05) is 84.6 Å². The second-order valence-corrected chi connectivity index (χ2v) is 25.4. The monoisotopic (exact) mass is 1200 g/mol. The number of quaternary nitrogens is 4. The van der Waals surface area contributed by atoms with Crippen LogP contribution in [-0.4, -0.2) is 129 Å². The summed E-state index contributed by atoms with van der Waals surface area (Å²) in [5, 5.41) is 1.15. The first kappa shape index (κ1) is 59.8. The Kier molecular flexibility index (Phi) is 13.1. The van der Waals surface area contributed by atoms with Crippen molar-refractivity contribution in [2.24, 2.45) is 0 Å². The first-order valence-corrected chi connectivity index (χ1v) is 26.8. The molecule has 86 heavy (non-hydrogen) atoms. The molecule has 8 nitrogen and oxygen atoms in total. The van der Waals surface area contributed by atoms with Crippen molar-refractivity contribution in [2.45, 2.75) is 36.0 Å². The summed E-state index contributed by atoms with van der Waals surface area (Å²) in [4.78, 5) is 16.2. The molecule has 0 bridgehead atoms. The number of alkyl halides is 14. The Morgan fingerprint density at radius 3 is 0.616 bits per heavy atom. The molecule has 0 unspecified atom stereocenters. The summed E-state index contributed by atoms with van der Waals surface area (Å²) in [5.74, 6) is -29.8. The Morgan fingerprint density at radius 1 is 0.267 bits per heavy atom. The Hall–Kier alpha value is -7.92. The maximum atomic E-state index is 16.5. The van der Waals surface area contributed by atoms with Gasteiger partial charge in [0, 0.05) is 43.8 Å². The lowest BCUT2D eigenvalue weighted by Crippen LogP contribution is -2.50. The van der Waals surface area contributed by atoms with Crippen LogP contribution in [0.2, 0.25) is 0 Å². The minimum atomic E-state index is -6.78. The lowest BCUT2D eigenvalue weighted by atomic mass is 9.81. The smallest absolute Gasteiger partial charge is 0.298 e. The van der Waals surface area contributed by atoms with Crippen molar-refractivity contribution in [1.29, 1.82) is 0 Å². The molecular formula is C64H56F14N8+4. The van der Waals surface area contributed by atoms with Gasteiger partial charge in [-0.25, -0.2) is 19.9 Å². The molecule has 0 radical (unpaired) electrons. The third-order valence-corrected chi connectivity index (χ3v) is 16.0. The van der Waals surface area contributed by atoms with E-state index in [-0.39, 0.29) is 106 Å². The van der Waals surface area contributed by atoms with Gasteiger partial charge in [-0.15, -0.1) is 0 Å². The zero-order valence-corrected chi connectivity index (χ0v) is 48.4. The van der Waals surface area contributed by atoms with Gasteiger partial charge in [-0.05, 0) is 165 Å². The van der Waals surface area contributed by atoms with Crippen LogP contribution in [0.25, 0.3) is 110 Å². The fraction of sp³-hybridized carbons (Fsp3) is 0.281. The molecule has 0 spiro atoms. The van der Waals surface area contributed by atoms with E-state index < -0.39 is 69.8 Å². The minimum Gasteiger partial charge on any atom is -0.298 e. The van der Waals surface area contributed by atoms with Gasteiger partial charge in [0.2, 0.25) is 11.6 Å². The van der Waals surface area contributed by atoms with Crippen LogP contribution in [0, 0.1) is 0 Å². The highest BCUT2D eigenvalue weighted by molar-refractivity contribution is 6.42. The number of nitrogens with zero attached hydrogens (tertiary/aromatic N) is 8. The molecule has 2 heterocycles. The summed E-state index contributed by atoms with van der Waals surface area (Å²) in [5.41, 5.74) is 1.73. The average Bonchev–Trinajstić information content (AvgIpc) is 0.685. The molecule has 11 aromatic rings. The van der Waals surface area contributed by atoms with Crippen molar-refractivity contribution in [3.05, 3.63) is 133 Å². The summed E-state index contributed by atoms with van der Waals surface area (Å²) in [6, 6.07) is 32.3. The van der Waals surface area contributed by atoms with Gasteiger partial charge in [0.1, 0.15) is 22.7 Å². The fourth-order valence-electron chi connectivity index (χ4n) is 11.1. The summed E-state index contributed by atoms with van der Waals surface area (Å²) in [7, 11) is 22.3. The molecule has 0 aliphatic rings. The van der Waals surface area contributed by atoms with E-state index >= 15 is 35.1 Å². The number of hydrogen-bond donors (Lipinski definition) is 0. The lowest BCUT2D eigenvalue weighted by molar-refractivity contribution is -0.361. The lowest BCUT2D eigenvalue weighted by Gasteiger charge is -2.29. The van der Waals surface area contributed by atoms with Gasteiger partial charge < -0.3 is 0 Å². The van der Waals surface area contributed by atoms with Gasteiger partial charge in [-0.3, -0.25) is 17.9 Å². The van der Waals surface area contributed by atoms with Gasteiger partial charge in [-0.2, -0.15) is 61.5 Å². The molecule has 0 atom stereocenters. The number of hydrogen-bond acceptors (Lipinski definition) is 4. The highest BCUT2D eigenvalue weighted by atomic mass is 19.4. The van der Waals surface area contributed by atoms with E-state index in [1.807, 2.05) is 84.6 Å². The number of aromatic nitrogens is 4. The molecular weight excluding hydrogens is 1150 g/mol. The Morgan fingerprint density at radius 2 is 0.453 bits per heavy atom. The highest BCUT2D eigenvalue weighted by Gasteiger charge is 2.76. The largest absolute Gasteiger partial charge is 0.460 e. The molecule has 2 aromatic heterocycles. The summed E-state index contributed by atoms with van der Waals surface area (Å²) < 4.78 is 215. The van der Waals surface area contributed by atoms with Gasteiger partial charge in [0.25, 0.3) is 0 Å². The number of fused-ring (bicyclic) bond motifs is 2. The number of halogens is 14. The SMILES string of the molecule is C[N+](C)(C)c1ccc(-c2cc3c4cc(-c5ccc([N+](C)(C)C)cc5)c5nc(C(F)(F)C(F)(F)C(F)(F)F)nc6c(-c7ccc([N+](C)(C)C)cc7)cc(c7cc(-c8ccc([N+](C)(C)C)cc8)c8nc(C(F)(F)C(F)(F)C(F)(F)F)nc2c8c37)c4c56)cc1. The van der Waals surface area contributed by atoms with E-state index in [0.717, 1.165) is 22.7 Å². The Labute approximate surface area is 483 Å².